The van der Waals surface area contributed by atoms with Gasteiger partial charge in [0.05, 0.1) is 5.56 Å². The minimum Gasteiger partial charge on any atom is -0.383 e. The summed E-state index contributed by atoms with van der Waals surface area (Å²) in [6.45, 7) is 1.72. The molecule has 5 heteroatoms. The van der Waals surface area contributed by atoms with Gasteiger partial charge in [0.15, 0.2) is 11.1 Å². The molecule has 0 fully saturated rings. The molecule has 11 heavy (non-hydrogen) atoms. The Morgan fingerprint density at radius 1 is 1.73 bits per heavy atom. The van der Waals surface area contributed by atoms with Crippen LogP contribution in [0.3, 0.4) is 0 Å². The van der Waals surface area contributed by atoms with Crippen LogP contribution >= 0.6 is 12.2 Å². The lowest BCUT2D eigenvalue weighted by atomic mass is 10.2. The smallest absolute Gasteiger partial charge is 0.198 e. The second-order valence-electron chi connectivity index (χ2n) is 2.08. The molecule has 0 radical (unpaired) electrons. The van der Waals surface area contributed by atoms with E-state index in [1.54, 1.807) is 6.92 Å². The van der Waals surface area contributed by atoms with E-state index in [9.17, 15) is 4.79 Å². The Kier molecular flexibility index (Phi) is 2.00. The van der Waals surface area contributed by atoms with Crippen LogP contribution in [0.25, 0.3) is 0 Å². The Hall–Kier alpha value is -1.23. The van der Waals surface area contributed by atoms with Crippen molar-refractivity contribution in [2.45, 2.75) is 6.92 Å². The maximum atomic E-state index is 10.4. The fourth-order valence-electron chi connectivity index (χ4n) is 0.766. The van der Waals surface area contributed by atoms with Gasteiger partial charge in [0.2, 0.25) is 0 Å². The molecular formula is C6H7N3OS. The van der Waals surface area contributed by atoms with E-state index in [1.165, 1.54) is 0 Å². The Morgan fingerprint density at radius 3 is 2.82 bits per heavy atom. The summed E-state index contributed by atoms with van der Waals surface area (Å²) in [4.78, 5) is 16.8. The first-order valence-corrected chi connectivity index (χ1v) is 3.37. The second-order valence-corrected chi connectivity index (χ2v) is 2.47. The Labute approximate surface area is 68.5 Å². The first-order chi connectivity index (χ1) is 5.15. The summed E-state index contributed by atoms with van der Waals surface area (Å²) >= 11 is 4.73. The molecule has 1 aromatic heterocycles. The Balaban J connectivity index is 3.48. The normalized spacial score (nSPS) is 9.55. The van der Waals surface area contributed by atoms with Gasteiger partial charge in [-0.05, 0) is 19.1 Å². The van der Waals surface area contributed by atoms with E-state index in [1.807, 2.05) is 0 Å². The molecular weight excluding hydrogens is 162 g/mol. The van der Waals surface area contributed by atoms with Crippen molar-refractivity contribution in [3.05, 3.63) is 16.0 Å². The third-order valence-electron chi connectivity index (χ3n) is 1.31. The number of hydrogen-bond acceptors (Lipinski definition) is 4. The predicted octanol–water partition coefficient (Wildman–Crippen LogP) is 0.842. The number of anilines is 1. The quantitative estimate of drug-likeness (QED) is 0.482. The van der Waals surface area contributed by atoms with Crippen LogP contribution in [0.5, 0.6) is 0 Å². The summed E-state index contributed by atoms with van der Waals surface area (Å²) in [6, 6.07) is 0. The monoisotopic (exact) mass is 169 g/mol. The highest BCUT2D eigenvalue weighted by atomic mass is 32.1. The van der Waals surface area contributed by atoms with Gasteiger partial charge in [-0.2, -0.15) is 0 Å². The number of aromatic nitrogens is 2. The summed E-state index contributed by atoms with van der Waals surface area (Å²) in [5.74, 6) is 0.182. The Bertz CT molecular complexity index is 318. The third-order valence-corrected chi connectivity index (χ3v) is 1.51. The first kappa shape index (κ1) is 7.87. The van der Waals surface area contributed by atoms with Crippen molar-refractivity contribution in [2.75, 3.05) is 5.73 Å². The molecule has 0 aromatic carbocycles. The van der Waals surface area contributed by atoms with Gasteiger partial charge in [0, 0.05) is 5.69 Å². The number of rotatable bonds is 1. The lowest BCUT2D eigenvalue weighted by Gasteiger charge is -1.99. The molecule has 0 atom stereocenters. The molecule has 0 aliphatic carbocycles. The van der Waals surface area contributed by atoms with E-state index < -0.39 is 0 Å². The molecule has 0 saturated carbocycles. The number of nitrogens with zero attached hydrogens (tertiary/aromatic N) is 1. The van der Waals surface area contributed by atoms with Crippen molar-refractivity contribution < 1.29 is 4.79 Å². The number of hydrogen-bond donors (Lipinski definition) is 2. The summed E-state index contributed by atoms with van der Waals surface area (Å²) in [5.41, 5.74) is 6.43. The number of H-pyrrole nitrogens is 1. The molecule has 0 aliphatic heterocycles. The van der Waals surface area contributed by atoms with Gasteiger partial charge in [-0.15, -0.1) is 0 Å². The van der Waals surface area contributed by atoms with Crippen molar-refractivity contribution in [2.24, 2.45) is 0 Å². The average Bonchev–Trinajstić information content (AvgIpc) is 1.85. The Morgan fingerprint density at radius 2 is 2.36 bits per heavy atom. The molecule has 58 valence electrons. The van der Waals surface area contributed by atoms with Gasteiger partial charge >= 0.3 is 0 Å². The van der Waals surface area contributed by atoms with Crippen molar-refractivity contribution in [3.63, 3.8) is 0 Å². The number of aromatic amines is 1. The summed E-state index contributed by atoms with van der Waals surface area (Å²) in [7, 11) is 0. The minimum absolute atomic E-state index is 0.182. The number of aldehydes is 1. The van der Waals surface area contributed by atoms with Crippen LogP contribution in [0.1, 0.15) is 16.1 Å². The maximum absolute atomic E-state index is 10.4. The topological polar surface area (TPSA) is 71.8 Å². The largest absolute Gasteiger partial charge is 0.383 e. The highest BCUT2D eigenvalue weighted by Gasteiger charge is 2.02. The van der Waals surface area contributed by atoms with E-state index in [-0.39, 0.29) is 5.82 Å². The van der Waals surface area contributed by atoms with Crippen LogP contribution in [-0.4, -0.2) is 16.3 Å². The molecule has 0 aliphatic rings. The molecule has 0 saturated heterocycles. The second kappa shape index (κ2) is 2.79. The molecule has 3 N–H and O–H groups in total. The zero-order valence-corrected chi connectivity index (χ0v) is 6.73. The summed E-state index contributed by atoms with van der Waals surface area (Å²) in [6.07, 6.45) is 0.656. The fourth-order valence-corrected chi connectivity index (χ4v) is 1.02. The van der Waals surface area contributed by atoms with Crippen LogP contribution in [0.2, 0.25) is 0 Å². The zero-order valence-electron chi connectivity index (χ0n) is 5.92. The van der Waals surface area contributed by atoms with Crippen LogP contribution < -0.4 is 5.73 Å². The van der Waals surface area contributed by atoms with Gasteiger partial charge in [-0.25, -0.2) is 4.98 Å². The third kappa shape index (κ3) is 1.43. The fraction of sp³-hybridized carbons (Fsp3) is 0.167. The van der Waals surface area contributed by atoms with E-state index in [0.717, 1.165) is 0 Å². The van der Waals surface area contributed by atoms with Crippen molar-refractivity contribution in [1.29, 1.82) is 0 Å². The van der Waals surface area contributed by atoms with Gasteiger partial charge in [-0.3, -0.25) is 4.79 Å². The number of carbonyl (C=O) groups is 1. The standard InChI is InChI=1S/C6H7N3OS/c1-3-4(2-10)5(7)9-6(11)8-3/h2H,1H3,(H3,7,8,9,11). The highest BCUT2D eigenvalue weighted by Crippen LogP contribution is 2.07. The van der Waals surface area contributed by atoms with Gasteiger partial charge < -0.3 is 10.7 Å². The van der Waals surface area contributed by atoms with Crippen LogP contribution in [0.4, 0.5) is 5.82 Å². The molecule has 0 bridgehead atoms. The molecule has 0 unspecified atom stereocenters. The first-order valence-electron chi connectivity index (χ1n) is 2.96. The minimum atomic E-state index is 0.182. The van der Waals surface area contributed by atoms with Gasteiger partial charge in [0.1, 0.15) is 5.82 Å². The molecule has 0 spiro atoms. The summed E-state index contributed by atoms with van der Waals surface area (Å²) in [5, 5.41) is 0. The van der Waals surface area contributed by atoms with E-state index in [4.69, 9.17) is 18.0 Å². The van der Waals surface area contributed by atoms with Crippen LogP contribution in [0.15, 0.2) is 0 Å². The lowest BCUT2D eigenvalue weighted by Crippen LogP contribution is -2.02. The van der Waals surface area contributed by atoms with Gasteiger partial charge in [0.25, 0.3) is 0 Å². The van der Waals surface area contributed by atoms with Crippen LogP contribution in [0, 0.1) is 11.7 Å². The average molecular weight is 169 g/mol. The van der Waals surface area contributed by atoms with Crippen molar-refractivity contribution in [3.8, 4) is 0 Å². The van der Waals surface area contributed by atoms with Crippen molar-refractivity contribution in [1.82, 2.24) is 9.97 Å². The van der Waals surface area contributed by atoms with Crippen molar-refractivity contribution >= 4 is 24.3 Å². The molecule has 0 amide bonds. The zero-order chi connectivity index (χ0) is 8.43. The lowest BCUT2D eigenvalue weighted by molar-refractivity contribution is 0.112. The number of nitrogen functional groups attached to an aromatic ring is 1. The predicted molar refractivity (Wildman–Crippen MR) is 44.0 cm³/mol. The molecule has 1 aromatic rings. The van der Waals surface area contributed by atoms with Crippen LogP contribution in [-0.2, 0) is 0 Å². The molecule has 1 rings (SSSR count). The highest BCUT2D eigenvalue weighted by molar-refractivity contribution is 7.71. The number of nitrogens with one attached hydrogen (secondary N) is 1. The van der Waals surface area contributed by atoms with E-state index in [0.29, 0.717) is 22.3 Å². The number of nitrogens with two attached hydrogens (primary N) is 1. The van der Waals surface area contributed by atoms with Gasteiger partial charge in [-0.1, -0.05) is 0 Å². The SMILES string of the molecule is Cc1[nH]c(=S)nc(N)c1C=O. The summed E-state index contributed by atoms with van der Waals surface area (Å²) < 4.78 is 0.297. The number of aryl methyl sites for hydroxylation is 1. The molecule has 4 nitrogen and oxygen atoms in total. The van der Waals surface area contributed by atoms with E-state index >= 15 is 0 Å². The molecule has 1 heterocycles. The van der Waals surface area contributed by atoms with E-state index in [2.05, 4.69) is 9.97 Å². The number of carbonyl (C=O) groups excluding carboxylic acids is 1. The maximum Gasteiger partial charge on any atom is 0.198 e.